The van der Waals surface area contributed by atoms with Gasteiger partial charge in [-0.2, -0.15) is 18.7 Å². The fraction of sp³-hybridized carbons (Fsp3) is 0.222. The standard InChI is InChI=1S/C27H26ClN3O6S/c1-27(2,3)37-26(33)31(38(34,35)24-15-11-20(17-29)12-16-24)30(18-21-9-13-23(28)14-10-21)25(32)36-19-22-7-5-4-6-8-22/h4-16H,18-19H2,1-3H3. The quantitative estimate of drug-likeness (QED) is 0.348. The highest BCUT2D eigenvalue weighted by Gasteiger charge is 2.41. The molecule has 0 saturated heterocycles. The van der Waals surface area contributed by atoms with Crippen LogP contribution in [0.5, 0.6) is 0 Å². The first kappa shape index (κ1) is 28.5. The van der Waals surface area contributed by atoms with E-state index in [1.807, 2.05) is 6.07 Å². The second-order valence-corrected chi connectivity index (χ2v) is 11.3. The number of nitrogens with zero attached hydrogens (tertiary/aromatic N) is 3. The minimum absolute atomic E-state index is 0.171. The van der Waals surface area contributed by atoms with Gasteiger partial charge in [-0.3, -0.25) is 0 Å². The van der Waals surface area contributed by atoms with Crippen LogP contribution in [0.4, 0.5) is 9.59 Å². The van der Waals surface area contributed by atoms with Crippen LogP contribution in [-0.2, 0) is 32.6 Å². The molecule has 0 aliphatic carbocycles. The second kappa shape index (κ2) is 12.0. The van der Waals surface area contributed by atoms with E-state index in [2.05, 4.69) is 0 Å². The zero-order chi connectivity index (χ0) is 27.9. The molecular formula is C27H26ClN3O6S. The Morgan fingerprint density at radius 2 is 1.50 bits per heavy atom. The molecule has 0 N–H and O–H groups in total. The van der Waals surface area contributed by atoms with Crippen LogP contribution in [0, 0.1) is 11.3 Å². The number of rotatable bonds is 6. The molecule has 3 rings (SSSR count). The van der Waals surface area contributed by atoms with Crippen LogP contribution in [-0.4, -0.2) is 35.6 Å². The van der Waals surface area contributed by atoms with Gasteiger partial charge in [0.25, 0.3) is 10.0 Å². The lowest BCUT2D eigenvalue weighted by molar-refractivity contribution is -0.0146. The van der Waals surface area contributed by atoms with E-state index in [1.54, 1.807) is 75.4 Å². The zero-order valence-electron chi connectivity index (χ0n) is 21.0. The van der Waals surface area contributed by atoms with Crippen LogP contribution < -0.4 is 0 Å². The summed E-state index contributed by atoms with van der Waals surface area (Å²) in [5.41, 5.74) is 0.254. The van der Waals surface area contributed by atoms with Crippen molar-refractivity contribution in [1.82, 2.24) is 9.42 Å². The van der Waals surface area contributed by atoms with Crippen LogP contribution in [0.2, 0.25) is 5.02 Å². The van der Waals surface area contributed by atoms with Crippen molar-refractivity contribution in [2.24, 2.45) is 0 Å². The van der Waals surface area contributed by atoms with E-state index in [1.165, 1.54) is 24.3 Å². The predicted octanol–water partition coefficient (Wildman–Crippen LogP) is 5.89. The van der Waals surface area contributed by atoms with Gasteiger partial charge in [0.1, 0.15) is 12.2 Å². The third-order valence-corrected chi connectivity index (χ3v) is 6.86. The number of nitriles is 1. The summed E-state index contributed by atoms with van der Waals surface area (Å²) in [5.74, 6) is 0. The summed E-state index contributed by atoms with van der Waals surface area (Å²) in [6.07, 6.45) is -2.42. The lowest BCUT2D eigenvalue weighted by Crippen LogP contribution is -2.53. The molecule has 0 aliphatic rings. The lowest BCUT2D eigenvalue weighted by atomic mass is 10.2. The Morgan fingerprint density at radius 1 is 0.895 bits per heavy atom. The van der Waals surface area contributed by atoms with E-state index in [0.29, 0.717) is 21.2 Å². The molecule has 198 valence electrons. The number of benzene rings is 3. The molecule has 2 amide bonds. The van der Waals surface area contributed by atoms with Gasteiger partial charge in [0.15, 0.2) is 0 Å². The van der Waals surface area contributed by atoms with Crippen LogP contribution >= 0.6 is 11.6 Å². The van der Waals surface area contributed by atoms with Gasteiger partial charge >= 0.3 is 12.2 Å². The molecular weight excluding hydrogens is 530 g/mol. The van der Waals surface area contributed by atoms with E-state index < -0.39 is 27.8 Å². The molecule has 0 spiro atoms. The third-order valence-electron chi connectivity index (χ3n) is 4.94. The van der Waals surface area contributed by atoms with Gasteiger partial charge < -0.3 is 9.47 Å². The molecule has 0 fully saturated rings. The van der Waals surface area contributed by atoms with Crippen molar-refractivity contribution >= 4 is 33.8 Å². The number of hydrogen-bond donors (Lipinski definition) is 0. The van der Waals surface area contributed by atoms with Crippen molar-refractivity contribution in [2.45, 2.75) is 44.4 Å². The maximum absolute atomic E-state index is 13.8. The SMILES string of the molecule is CC(C)(C)OC(=O)N(N(Cc1ccc(Cl)cc1)C(=O)OCc1ccccc1)S(=O)(=O)c1ccc(C#N)cc1. The molecule has 0 radical (unpaired) electrons. The summed E-state index contributed by atoms with van der Waals surface area (Å²) in [5, 5.41) is 10.2. The summed E-state index contributed by atoms with van der Waals surface area (Å²) in [6, 6.07) is 21.9. The van der Waals surface area contributed by atoms with E-state index in [4.69, 9.17) is 26.3 Å². The van der Waals surface area contributed by atoms with E-state index >= 15 is 0 Å². The van der Waals surface area contributed by atoms with Crippen molar-refractivity contribution in [3.8, 4) is 6.07 Å². The summed E-state index contributed by atoms with van der Waals surface area (Å²) in [7, 11) is -4.70. The number of halogens is 1. The first-order chi connectivity index (χ1) is 17.9. The Kier molecular flexibility index (Phi) is 8.99. The highest BCUT2D eigenvalue weighted by atomic mass is 35.5. The van der Waals surface area contributed by atoms with E-state index in [9.17, 15) is 18.0 Å². The molecule has 0 saturated carbocycles. The van der Waals surface area contributed by atoms with Crippen LogP contribution in [0.1, 0.15) is 37.5 Å². The van der Waals surface area contributed by atoms with Crippen LogP contribution in [0.15, 0.2) is 83.8 Å². The molecule has 38 heavy (non-hydrogen) atoms. The number of carbonyl (C=O) groups is 2. The number of sulfonamides is 1. The Balaban J connectivity index is 2.08. The smallest absolute Gasteiger partial charge is 0.443 e. The maximum Gasteiger partial charge on any atom is 0.444 e. The molecule has 0 aliphatic heterocycles. The average Bonchev–Trinajstić information content (AvgIpc) is 2.87. The molecule has 11 heteroatoms. The first-order valence-electron chi connectivity index (χ1n) is 11.4. The fourth-order valence-electron chi connectivity index (χ4n) is 3.19. The fourth-order valence-corrected chi connectivity index (χ4v) is 4.61. The van der Waals surface area contributed by atoms with Crippen molar-refractivity contribution in [3.05, 3.63) is 101 Å². The first-order valence-corrected chi connectivity index (χ1v) is 13.2. The van der Waals surface area contributed by atoms with Crippen molar-refractivity contribution in [2.75, 3.05) is 0 Å². The molecule has 0 aromatic heterocycles. The second-order valence-electron chi connectivity index (χ2n) is 9.09. The van der Waals surface area contributed by atoms with Crippen LogP contribution in [0.25, 0.3) is 0 Å². The highest BCUT2D eigenvalue weighted by Crippen LogP contribution is 2.25. The molecule has 0 unspecified atom stereocenters. The highest BCUT2D eigenvalue weighted by molar-refractivity contribution is 7.89. The Hall–Kier alpha value is -4.07. The number of hydrogen-bond acceptors (Lipinski definition) is 7. The third kappa shape index (κ3) is 7.47. The van der Waals surface area contributed by atoms with Gasteiger partial charge in [-0.25, -0.2) is 9.59 Å². The maximum atomic E-state index is 13.8. The minimum atomic E-state index is -4.70. The molecule has 0 atom stereocenters. The number of hydrazine groups is 1. The monoisotopic (exact) mass is 555 g/mol. The normalized spacial score (nSPS) is 11.2. The average molecular weight is 556 g/mol. The Bertz CT molecular complexity index is 1410. The van der Waals surface area contributed by atoms with Crippen LogP contribution in [0.3, 0.4) is 0 Å². The Morgan fingerprint density at radius 3 is 2.05 bits per heavy atom. The number of amides is 2. The summed E-state index contributed by atoms with van der Waals surface area (Å²) in [6.45, 7) is 4.16. The topological polar surface area (TPSA) is 117 Å². The lowest BCUT2D eigenvalue weighted by Gasteiger charge is -2.34. The van der Waals surface area contributed by atoms with Gasteiger partial charge in [0.05, 0.1) is 23.1 Å². The molecule has 3 aromatic rings. The molecule has 0 bridgehead atoms. The van der Waals surface area contributed by atoms with Crippen molar-refractivity contribution in [3.63, 3.8) is 0 Å². The van der Waals surface area contributed by atoms with Gasteiger partial charge in [-0.1, -0.05) is 58.5 Å². The number of ether oxygens (including phenoxy) is 2. The molecule has 3 aromatic carbocycles. The van der Waals surface area contributed by atoms with Gasteiger partial charge in [0.2, 0.25) is 0 Å². The minimum Gasteiger partial charge on any atom is -0.443 e. The molecule has 9 nitrogen and oxygen atoms in total. The largest absolute Gasteiger partial charge is 0.444 e. The molecule has 0 heterocycles. The Labute approximate surface area is 226 Å². The number of carbonyl (C=O) groups excluding carboxylic acids is 2. The van der Waals surface area contributed by atoms with E-state index in [0.717, 1.165) is 0 Å². The van der Waals surface area contributed by atoms with Gasteiger partial charge in [-0.05, 0) is 68.3 Å². The van der Waals surface area contributed by atoms with E-state index in [-0.39, 0.29) is 28.0 Å². The summed E-state index contributed by atoms with van der Waals surface area (Å²) in [4.78, 5) is 26.4. The van der Waals surface area contributed by atoms with Crippen molar-refractivity contribution in [1.29, 1.82) is 5.26 Å². The van der Waals surface area contributed by atoms with Gasteiger partial charge in [-0.15, -0.1) is 0 Å². The van der Waals surface area contributed by atoms with Gasteiger partial charge in [0, 0.05) is 5.02 Å². The zero-order valence-corrected chi connectivity index (χ0v) is 22.6. The summed E-state index contributed by atoms with van der Waals surface area (Å²) >= 11 is 5.98. The summed E-state index contributed by atoms with van der Waals surface area (Å²) < 4.78 is 38.6. The predicted molar refractivity (Wildman–Crippen MR) is 140 cm³/mol. The van der Waals surface area contributed by atoms with Crippen molar-refractivity contribution < 1.29 is 27.5 Å².